The van der Waals surface area contributed by atoms with E-state index < -0.39 is 17.6 Å². The zero-order valence-corrected chi connectivity index (χ0v) is 24.0. The molecule has 8 heteroatoms. The highest BCUT2D eigenvalue weighted by Gasteiger charge is 2.30. The predicted octanol–water partition coefficient (Wildman–Crippen LogP) is 5.93. The first-order chi connectivity index (χ1) is 18.8. The van der Waals surface area contributed by atoms with Crippen LogP contribution in [0.4, 0.5) is 10.5 Å². The van der Waals surface area contributed by atoms with E-state index in [1.807, 2.05) is 59.7 Å². The molecule has 0 radical (unpaired) electrons. The lowest BCUT2D eigenvalue weighted by molar-refractivity contribution is 0.0141. The molecule has 1 saturated heterocycles. The molecule has 0 unspecified atom stereocenters. The Bertz CT molecular complexity index is 1430. The monoisotopic (exact) mass is 543 g/mol. The van der Waals surface area contributed by atoms with E-state index >= 15 is 0 Å². The van der Waals surface area contributed by atoms with Crippen molar-refractivity contribution in [2.75, 3.05) is 31.5 Å². The fourth-order valence-electron chi connectivity index (χ4n) is 4.93. The van der Waals surface area contributed by atoms with Crippen LogP contribution in [0.15, 0.2) is 54.6 Å². The van der Waals surface area contributed by atoms with Crippen LogP contribution < -0.4 is 5.32 Å². The molecule has 2 N–H and O–H groups in total. The zero-order valence-electron chi connectivity index (χ0n) is 24.0. The summed E-state index contributed by atoms with van der Waals surface area (Å²) in [6.07, 6.45) is -0.404. The largest absolute Gasteiger partial charge is 0.508 e. The topological polar surface area (TPSA) is 99.2 Å². The van der Waals surface area contributed by atoms with E-state index in [1.54, 1.807) is 46.2 Å². The van der Waals surface area contributed by atoms with Crippen LogP contribution in [0, 0.1) is 20.8 Å². The molecule has 8 nitrogen and oxygen atoms in total. The summed E-state index contributed by atoms with van der Waals surface area (Å²) in [5.41, 5.74) is 5.00. The Morgan fingerprint density at radius 3 is 2.00 bits per heavy atom. The number of hydrogen-bond donors (Lipinski definition) is 2. The van der Waals surface area contributed by atoms with E-state index in [4.69, 9.17) is 4.74 Å². The summed E-state index contributed by atoms with van der Waals surface area (Å²) < 4.78 is 5.47. The van der Waals surface area contributed by atoms with Crippen LogP contribution in [0.3, 0.4) is 0 Å². The van der Waals surface area contributed by atoms with Crippen molar-refractivity contribution in [3.8, 4) is 16.9 Å². The summed E-state index contributed by atoms with van der Waals surface area (Å²) in [6, 6.07) is 15.9. The summed E-state index contributed by atoms with van der Waals surface area (Å²) in [5.74, 6) is -0.570. The van der Waals surface area contributed by atoms with Gasteiger partial charge in [0.05, 0.1) is 11.1 Å². The second kappa shape index (κ2) is 11.4. The lowest BCUT2D eigenvalue weighted by Crippen LogP contribution is -2.51. The molecule has 1 aliphatic rings. The quantitative estimate of drug-likeness (QED) is 0.425. The Hall–Kier alpha value is -4.33. The number of carbonyl (C=O) groups is 3. The number of nitrogens with one attached hydrogen (secondary N) is 1. The van der Waals surface area contributed by atoms with Crippen LogP contribution in [-0.2, 0) is 4.74 Å². The van der Waals surface area contributed by atoms with Gasteiger partial charge in [0.25, 0.3) is 11.8 Å². The SMILES string of the molecule is Cc1cc(C)c(NC(=O)c2cc(-c3cccc(O)c3)ccc2C(=O)N2CCN(C(=O)OC(C)(C)C)CC2)c(C)c1. The molecule has 0 saturated carbocycles. The summed E-state index contributed by atoms with van der Waals surface area (Å²) in [4.78, 5) is 43.2. The van der Waals surface area contributed by atoms with Crippen LogP contribution >= 0.6 is 0 Å². The Kier molecular flexibility index (Phi) is 8.18. The third-order valence-electron chi connectivity index (χ3n) is 6.81. The van der Waals surface area contributed by atoms with Crippen molar-refractivity contribution in [2.24, 2.45) is 0 Å². The molecule has 3 aromatic rings. The molecular weight excluding hydrogens is 506 g/mol. The molecule has 0 aromatic heterocycles. The van der Waals surface area contributed by atoms with Crippen LogP contribution in [0.25, 0.3) is 11.1 Å². The average Bonchev–Trinajstić information content (AvgIpc) is 2.89. The van der Waals surface area contributed by atoms with E-state index in [2.05, 4.69) is 5.32 Å². The lowest BCUT2D eigenvalue weighted by atomic mass is 9.97. The molecule has 3 amide bonds. The number of aromatic hydroxyl groups is 1. The van der Waals surface area contributed by atoms with Gasteiger partial charge in [-0.1, -0.05) is 35.9 Å². The minimum absolute atomic E-state index is 0.109. The minimum atomic E-state index is -0.599. The van der Waals surface area contributed by atoms with Gasteiger partial charge in [-0.3, -0.25) is 9.59 Å². The normalized spacial score (nSPS) is 13.7. The van der Waals surface area contributed by atoms with Crippen LogP contribution in [0.5, 0.6) is 5.75 Å². The summed E-state index contributed by atoms with van der Waals surface area (Å²) in [5, 5.41) is 13.0. The highest BCUT2D eigenvalue weighted by molar-refractivity contribution is 6.13. The van der Waals surface area contributed by atoms with E-state index in [0.29, 0.717) is 37.4 Å². The number of hydrogen-bond acceptors (Lipinski definition) is 5. The third kappa shape index (κ3) is 6.62. The molecule has 1 heterocycles. The standard InChI is InChI=1S/C32H37N3O5/c1-20-16-21(2)28(22(3)17-20)33-29(37)27-19-24(23-8-7-9-25(36)18-23)10-11-26(27)30(38)34-12-14-35(15-13-34)31(39)40-32(4,5)6/h7-11,16-19,36H,12-15H2,1-6H3,(H,33,37). The maximum absolute atomic E-state index is 13.7. The van der Waals surface area contributed by atoms with Gasteiger partial charge in [-0.05, 0) is 88.1 Å². The number of aryl methyl sites for hydroxylation is 3. The van der Waals surface area contributed by atoms with Gasteiger partial charge in [-0.15, -0.1) is 0 Å². The van der Waals surface area contributed by atoms with Gasteiger partial charge in [-0.25, -0.2) is 4.79 Å². The van der Waals surface area contributed by atoms with Gasteiger partial charge < -0.3 is 25.0 Å². The van der Waals surface area contributed by atoms with Crippen LogP contribution in [-0.4, -0.2) is 64.6 Å². The molecule has 1 fully saturated rings. The summed E-state index contributed by atoms with van der Waals surface area (Å²) in [6.45, 7) is 12.7. The van der Waals surface area contributed by atoms with Crippen molar-refractivity contribution in [3.05, 3.63) is 82.4 Å². The first kappa shape index (κ1) is 28.7. The fourth-order valence-corrected chi connectivity index (χ4v) is 4.93. The number of piperazine rings is 1. The minimum Gasteiger partial charge on any atom is -0.508 e. The summed E-state index contributed by atoms with van der Waals surface area (Å²) in [7, 11) is 0. The molecule has 0 atom stereocenters. The Morgan fingerprint density at radius 1 is 0.800 bits per heavy atom. The van der Waals surface area contributed by atoms with Crippen molar-refractivity contribution in [1.82, 2.24) is 9.80 Å². The van der Waals surface area contributed by atoms with Crippen molar-refractivity contribution < 1.29 is 24.2 Å². The molecule has 0 bridgehead atoms. The van der Waals surface area contributed by atoms with Gasteiger partial charge in [0.2, 0.25) is 0 Å². The highest BCUT2D eigenvalue weighted by atomic mass is 16.6. The lowest BCUT2D eigenvalue weighted by Gasteiger charge is -2.35. The van der Waals surface area contributed by atoms with E-state index in [0.717, 1.165) is 22.3 Å². The number of phenols is 1. The van der Waals surface area contributed by atoms with Crippen molar-refractivity contribution in [2.45, 2.75) is 47.1 Å². The molecule has 210 valence electrons. The van der Waals surface area contributed by atoms with Gasteiger partial charge in [0.1, 0.15) is 11.4 Å². The van der Waals surface area contributed by atoms with E-state index in [-0.39, 0.29) is 22.8 Å². The molecule has 0 spiro atoms. The first-order valence-corrected chi connectivity index (χ1v) is 13.4. The third-order valence-corrected chi connectivity index (χ3v) is 6.81. The number of rotatable bonds is 4. The maximum atomic E-state index is 13.7. The van der Waals surface area contributed by atoms with Crippen molar-refractivity contribution in [3.63, 3.8) is 0 Å². The molecule has 4 rings (SSSR count). The smallest absolute Gasteiger partial charge is 0.410 e. The molecule has 3 aromatic carbocycles. The number of carbonyl (C=O) groups excluding carboxylic acids is 3. The number of phenolic OH excluding ortho intramolecular Hbond substituents is 1. The van der Waals surface area contributed by atoms with E-state index in [1.165, 1.54) is 0 Å². The predicted molar refractivity (Wildman–Crippen MR) is 156 cm³/mol. The van der Waals surface area contributed by atoms with Gasteiger partial charge in [-0.2, -0.15) is 0 Å². The Balaban J connectivity index is 1.63. The average molecular weight is 544 g/mol. The second-order valence-corrected chi connectivity index (χ2v) is 11.3. The highest BCUT2D eigenvalue weighted by Crippen LogP contribution is 2.28. The first-order valence-electron chi connectivity index (χ1n) is 13.4. The number of nitrogens with zero attached hydrogens (tertiary/aromatic N) is 2. The van der Waals surface area contributed by atoms with Crippen molar-refractivity contribution >= 4 is 23.6 Å². The molecule has 40 heavy (non-hydrogen) atoms. The van der Waals surface area contributed by atoms with Gasteiger partial charge >= 0.3 is 6.09 Å². The summed E-state index contributed by atoms with van der Waals surface area (Å²) >= 11 is 0. The number of anilines is 1. The number of amides is 3. The number of ether oxygens (including phenoxy) is 1. The van der Waals surface area contributed by atoms with Crippen molar-refractivity contribution in [1.29, 1.82) is 0 Å². The second-order valence-electron chi connectivity index (χ2n) is 11.3. The maximum Gasteiger partial charge on any atom is 0.410 e. The number of benzene rings is 3. The van der Waals surface area contributed by atoms with Gasteiger partial charge in [0, 0.05) is 31.9 Å². The van der Waals surface area contributed by atoms with Crippen LogP contribution in [0.1, 0.15) is 58.2 Å². The van der Waals surface area contributed by atoms with E-state index in [9.17, 15) is 19.5 Å². The molecule has 1 aliphatic heterocycles. The zero-order chi connectivity index (χ0) is 29.2. The van der Waals surface area contributed by atoms with Gasteiger partial charge in [0.15, 0.2) is 0 Å². The Morgan fingerprint density at radius 2 is 1.40 bits per heavy atom. The molecule has 0 aliphatic carbocycles. The Labute approximate surface area is 235 Å². The fraction of sp³-hybridized carbons (Fsp3) is 0.344. The molecular formula is C32H37N3O5. The van der Waals surface area contributed by atoms with Crippen LogP contribution in [0.2, 0.25) is 0 Å².